The van der Waals surface area contributed by atoms with Crippen LogP contribution in [0.3, 0.4) is 0 Å². The fourth-order valence-electron chi connectivity index (χ4n) is 1.89. The second-order valence-electron chi connectivity index (χ2n) is 4.54. The van der Waals surface area contributed by atoms with E-state index in [2.05, 4.69) is 0 Å². The summed E-state index contributed by atoms with van der Waals surface area (Å²) in [6.45, 7) is 3.45. The van der Waals surface area contributed by atoms with Gasteiger partial charge < -0.3 is 9.84 Å². The summed E-state index contributed by atoms with van der Waals surface area (Å²) in [7, 11) is 0. The van der Waals surface area contributed by atoms with Crippen LogP contribution in [0.1, 0.15) is 24.2 Å². The Labute approximate surface area is 116 Å². The summed E-state index contributed by atoms with van der Waals surface area (Å²) in [4.78, 5) is 10.5. The summed E-state index contributed by atoms with van der Waals surface area (Å²) >= 11 is 0. The van der Waals surface area contributed by atoms with Crippen LogP contribution in [0.4, 0.5) is 5.69 Å². The Hall–Kier alpha value is -2.40. The molecule has 20 heavy (non-hydrogen) atoms. The molecule has 5 heteroatoms. The predicted octanol–water partition coefficient (Wildman–Crippen LogP) is 3.75. The van der Waals surface area contributed by atoms with Gasteiger partial charge in [-0.3, -0.25) is 10.1 Å². The number of rotatable bonds is 4. The molecule has 0 saturated carbocycles. The fourth-order valence-corrected chi connectivity index (χ4v) is 1.89. The van der Waals surface area contributed by atoms with Gasteiger partial charge in [0, 0.05) is 11.6 Å². The van der Waals surface area contributed by atoms with Gasteiger partial charge in [-0.05, 0) is 31.5 Å². The smallest absolute Gasteiger partial charge is 0.311 e. The third-order valence-electron chi connectivity index (χ3n) is 2.90. The molecule has 2 aromatic rings. The predicted molar refractivity (Wildman–Crippen MR) is 75.0 cm³/mol. The number of benzene rings is 2. The van der Waals surface area contributed by atoms with E-state index in [1.54, 1.807) is 43.3 Å². The lowest BCUT2D eigenvalue weighted by atomic mass is 10.1. The Balaban J connectivity index is 2.45. The van der Waals surface area contributed by atoms with Crippen LogP contribution in [0.2, 0.25) is 0 Å². The molecule has 0 aliphatic heterocycles. The second kappa shape index (κ2) is 5.71. The molecular formula is C15H15NO4. The quantitative estimate of drug-likeness (QED) is 0.680. The van der Waals surface area contributed by atoms with Crippen LogP contribution in [-0.2, 0) is 0 Å². The third kappa shape index (κ3) is 2.95. The van der Waals surface area contributed by atoms with Crippen LogP contribution >= 0.6 is 0 Å². The lowest BCUT2D eigenvalue weighted by Crippen LogP contribution is -1.98. The number of hydrogen-bond donors (Lipinski definition) is 1. The highest BCUT2D eigenvalue weighted by molar-refractivity contribution is 5.51. The number of nitro benzene ring substituents is 1. The topological polar surface area (TPSA) is 72.6 Å². The standard InChI is InChI=1S/C15H15NO4/c1-10-7-8-13(16(18)19)15(9-10)20-14-6-4-3-5-12(14)11(2)17/h3-9,11,17H,1-2H3/t11-/m1/s1. The minimum atomic E-state index is -0.713. The number of aryl methyl sites for hydroxylation is 1. The van der Waals surface area contributed by atoms with Gasteiger partial charge in [-0.2, -0.15) is 0 Å². The van der Waals surface area contributed by atoms with Crippen molar-refractivity contribution < 1.29 is 14.8 Å². The molecule has 1 N–H and O–H groups in total. The number of ether oxygens (including phenoxy) is 1. The van der Waals surface area contributed by atoms with Gasteiger partial charge in [-0.15, -0.1) is 0 Å². The molecule has 0 aliphatic rings. The molecular weight excluding hydrogens is 258 g/mol. The summed E-state index contributed by atoms with van der Waals surface area (Å²) in [5, 5.41) is 20.7. The zero-order valence-electron chi connectivity index (χ0n) is 11.2. The van der Waals surface area contributed by atoms with Crippen molar-refractivity contribution in [2.24, 2.45) is 0 Å². The highest BCUT2D eigenvalue weighted by Crippen LogP contribution is 2.35. The molecule has 0 amide bonds. The van der Waals surface area contributed by atoms with Crippen LogP contribution in [0.15, 0.2) is 42.5 Å². The van der Waals surface area contributed by atoms with E-state index < -0.39 is 11.0 Å². The van der Waals surface area contributed by atoms with E-state index in [9.17, 15) is 15.2 Å². The number of para-hydroxylation sites is 1. The van der Waals surface area contributed by atoms with Crippen molar-refractivity contribution in [3.8, 4) is 11.5 Å². The number of aliphatic hydroxyl groups excluding tert-OH is 1. The van der Waals surface area contributed by atoms with E-state index in [0.29, 0.717) is 11.3 Å². The van der Waals surface area contributed by atoms with Crippen molar-refractivity contribution in [2.75, 3.05) is 0 Å². The van der Waals surface area contributed by atoms with Crippen molar-refractivity contribution in [2.45, 2.75) is 20.0 Å². The average Bonchev–Trinajstić information content (AvgIpc) is 2.38. The molecule has 5 nitrogen and oxygen atoms in total. The average molecular weight is 273 g/mol. The van der Waals surface area contributed by atoms with Crippen molar-refractivity contribution in [1.82, 2.24) is 0 Å². The van der Waals surface area contributed by atoms with E-state index in [1.165, 1.54) is 6.07 Å². The van der Waals surface area contributed by atoms with Gasteiger partial charge in [0.25, 0.3) is 0 Å². The van der Waals surface area contributed by atoms with Crippen LogP contribution < -0.4 is 4.74 Å². The van der Waals surface area contributed by atoms with Crippen LogP contribution in [0.25, 0.3) is 0 Å². The molecule has 0 spiro atoms. The zero-order valence-corrected chi connectivity index (χ0v) is 11.2. The Kier molecular flexibility index (Phi) is 4.00. The Bertz CT molecular complexity index is 638. The van der Waals surface area contributed by atoms with Gasteiger partial charge in [0.15, 0.2) is 0 Å². The van der Waals surface area contributed by atoms with E-state index in [-0.39, 0.29) is 11.4 Å². The molecule has 0 bridgehead atoms. The Morgan fingerprint density at radius 1 is 1.20 bits per heavy atom. The molecule has 2 aromatic carbocycles. The Morgan fingerprint density at radius 2 is 1.90 bits per heavy atom. The van der Waals surface area contributed by atoms with Gasteiger partial charge in [0.05, 0.1) is 11.0 Å². The second-order valence-corrected chi connectivity index (χ2v) is 4.54. The van der Waals surface area contributed by atoms with E-state index in [1.807, 2.05) is 6.92 Å². The molecule has 0 saturated heterocycles. The fraction of sp³-hybridized carbons (Fsp3) is 0.200. The summed E-state index contributed by atoms with van der Waals surface area (Å²) in [5.41, 5.74) is 1.35. The maximum atomic E-state index is 11.0. The monoisotopic (exact) mass is 273 g/mol. The highest BCUT2D eigenvalue weighted by Gasteiger charge is 2.17. The molecule has 0 unspecified atom stereocenters. The summed E-state index contributed by atoms with van der Waals surface area (Å²) in [5.74, 6) is 0.583. The number of nitrogens with zero attached hydrogens (tertiary/aromatic N) is 1. The minimum Gasteiger partial charge on any atom is -0.450 e. The third-order valence-corrected chi connectivity index (χ3v) is 2.90. The minimum absolute atomic E-state index is 0.101. The summed E-state index contributed by atoms with van der Waals surface area (Å²) < 4.78 is 5.64. The first kappa shape index (κ1) is 14.0. The first-order valence-corrected chi connectivity index (χ1v) is 6.19. The largest absolute Gasteiger partial charge is 0.450 e. The van der Waals surface area contributed by atoms with Crippen molar-refractivity contribution in [3.05, 3.63) is 63.7 Å². The van der Waals surface area contributed by atoms with Crippen LogP contribution in [-0.4, -0.2) is 10.0 Å². The molecule has 104 valence electrons. The van der Waals surface area contributed by atoms with E-state index in [0.717, 1.165) is 5.56 Å². The van der Waals surface area contributed by atoms with Gasteiger partial charge >= 0.3 is 5.69 Å². The lowest BCUT2D eigenvalue weighted by molar-refractivity contribution is -0.385. The number of aliphatic hydroxyl groups is 1. The number of hydrogen-bond acceptors (Lipinski definition) is 4. The molecule has 1 atom stereocenters. The first-order valence-electron chi connectivity index (χ1n) is 6.19. The molecule has 0 fully saturated rings. The van der Waals surface area contributed by atoms with Crippen molar-refractivity contribution in [1.29, 1.82) is 0 Å². The normalized spacial score (nSPS) is 11.9. The van der Waals surface area contributed by atoms with E-state index in [4.69, 9.17) is 4.74 Å². The SMILES string of the molecule is Cc1ccc([N+](=O)[O-])c(Oc2ccccc2[C@@H](C)O)c1. The van der Waals surface area contributed by atoms with Crippen molar-refractivity contribution >= 4 is 5.69 Å². The lowest BCUT2D eigenvalue weighted by Gasteiger charge is -2.13. The van der Waals surface area contributed by atoms with Crippen molar-refractivity contribution in [3.63, 3.8) is 0 Å². The van der Waals surface area contributed by atoms with Crippen LogP contribution in [0, 0.1) is 17.0 Å². The molecule has 2 rings (SSSR count). The molecule has 0 aliphatic carbocycles. The molecule has 0 radical (unpaired) electrons. The first-order chi connectivity index (χ1) is 9.49. The summed E-state index contributed by atoms with van der Waals surface area (Å²) in [6.07, 6.45) is -0.713. The van der Waals surface area contributed by atoms with Gasteiger partial charge in [0.2, 0.25) is 5.75 Å². The van der Waals surface area contributed by atoms with Crippen LogP contribution in [0.5, 0.6) is 11.5 Å². The summed E-state index contributed by atoms with van der Waals surface area (Å²) in [6, 6.07) is 11.6. The highest BCUT2D eigenvalue weighted by atomic mass is 16.6. The van der Waals surface area contributed by atoms with E-state index >= 15 is 0 Å². The van der Waals surface area contributed by atoms with Gasteiger partial charge in [0.1, 0.15) is 5.75 Å². The number of nitro groups is 1. The Morgan fingerprint density at radius 3 is 2.55 bits per heavy atom. The molecule has 0 heterocycles. The maximum Gasteiger partial charge on any atom is 0.311 e. The van der Waals surface area contributed by atoms with Gasteiger partial charge in [-0.1, -0.05) is 24.3 Å². The zero-order chi connectivity index (χ0) is 14.7. The molecule has 0 aromatic heterocycles. The maximum absolute atomic E-state index is 11.0. The van der Waals surface area contributed by atoms with Gasteiger partial charge in [-0.25, -0.2) is 0 Å².